The maximum absolute atomic E-state index is 13.3. The van der Waals surface area contributed by atoms with Crippen LogP contribution in [0.4, 0.5) is 13.2 Å². The highest BCUT2D eigenvalue weighted by Gasteiger charge is 2.31. The van der Waals surface area contributed by atoms with Crippen molar-refractivity contribution in [2.24, 2.45) is 0 Å². The molecule has 0 bridgehead atoms. The van der Waals surface area contributed by atoms with Crippen molar-refractivity contribution in [3.63, 3.8) is 0 Å². The standard InChI is InChI=1S/C20H15ClF3N5OS/c1-11(18-27-25-12(2)30-18)31-19-28-26-17(15-8-3-4-9-16(15)21)29(19)14-7-5-6-13(10-14)20(22,23)24/h3-11H,1-2H3. The monoisotopic (exact) mass is 465 g/mol. The summed E-state index contributed by atoms with van der Waals surface area (Å²) in [6.07, 6.45) is -4.49. The maximum atomic E-state index is 13.3. The smallest absolute Gasteiger partial charge is 0.416 e. The summed E-state index contributed by atoms with van der Waals surface area (Å²) in [7, 11) is 0. The number of nitrogens with zero attached hydrogens (tertiary/aromatic N) is 5. The molecular formula is C20H15ClF3N5OS. The highest BCUT2D eigenvalue weighted by Crippen LogP contribution is 2.39. The van der Waals surface area contributed by atoms with Gasteiger partial charge in [-0.15, -0.1) is 20.4 Å². The molecule has 0 fully saturated rings. The van der Waals surface area contributed by atoms with E-state index in [-0.39, 0.29) is 10.9 Å². The maximum Gasteiger partial charge on any atom is 0.416 e. The van der Waals surface area contributed by atoms with Gasteiger partial charge >= 0.3 is 6.18 Å². The van der Waals surface area contributed by atoms with Crippen molar-refractivity contribution in [1.82, 2.24) is 25.0 Å². The summed E-state index contributed by atoms with van der Waals surface area (Å²) < 4.78 is 47.0. The molecule has 31 heavy (non-hydrogen) atoms. The van der Waals surface area contributed by atoms with Gasteiger partial charge in [-0.2, -0.15) is 13.2 Å². The van der Waals surface area contributed by atoms with Crippen LogP contribution in [0, 0.1) is 6.92 Å². The number of alkyl halides is 3. The predicted molar refractivity (Wildman–Crippen MR) is 110 cm³/mol. The Hall–Kier alpha value is -2.85. The molecule has 0 spiro atoms. The first-order valence-electron chi connectivity index (χ1n) is 9.08. The molecule has 0 saturated heterocycles. The van der Waals surface area contributed by atoms with Crippen molar-refractivity contribution in [3.05, 3.63) is 70.9 Å². The molecule has 2 aromatic heterocycles. The van der Waals surface area contributed by atoms with Gasteiger partial charge in [-0.25, -0.2) is 0 Å². The van der Waals surface area contributed by atoms with Crippen LogP contribution in [0.2, 0.25) is 5.02 Å². The fourth-order valence-electron chi connectivity index (χ4n) is 2.90. The zero-order valence-electron chi connectivity index (χ0n) is 16.3. The van der Waals surface area contributed by atoms with Crippen LogP contribution in [-0.2, 0) is 6.18 Å². The highest BCUT2D eigenvalue weighted by molar-refractivity contribution is 7.99. The van der Waals surface area contributed by atoms with E-state index in [2.05, 4.69) is 20.4 Å². The van der Waals surface area contributed by atoms with E-state index in [0.29, 0.717) is 33.3 Å². The lowest BCUT2D eigenvalue weighted by Gasteiger charge is -2.14. The van der Waals surface area contributed by atoms with Gasteiger partial charge in [0.15, 0.2) is 11.0 Å². The van der Waals surface area contributed by atoms with E-state index in [4.69, 9.17) is 16.0 Å². The highest BCUT2D eigenvalue weighted by atomic mass is 35.5. The lowest BCUT2D eigenvalue weighted by molar-refractivity contribution is -0.137. The number of aromatic nitrogens is 5. The zero-order valence-corrected chi connectivity index (χ0v) is 17.8. The Morgan fingerprint density at radius 2 is 1.81 bits per heavy atom. The molecule has 0 saturated carbocycles. The van der Waals surface area contributed by atoms with Crippen LogP contribution in [0.1, 0.15) is 29.5 Å². The molecule has 0 N–H and O–H groups in total. The third-order valence-corrected chi connectivity index (χ3v) is 5.71. The van der Waals surface area contributed by atoms with Crippen LogP contribution < -0.4 is 0 Å². The fourth-order valence-corrected chi connectivity index (χ4v) is 4.02. The first-order valence-corrected chi connectivity index (χ1v) is 10.3. The minimum atomic E-state index is -4.49. The number of benzene rings is 2. The molecule has 0 aliphatic heterocycles. The van der Waals surface area contributed by atoms with Gasteiger partial charge in [0.2, 0.25) is 11.8 Å². The summed E-state index contributed by atoms with van der Waals surface area (Å²) >= 11 is 7.57. The van der Waals surface area contributed by atoms with Gasteiger partial charge in [-0.1, -0.05) is 41.6 Å². The van der Waals surface area contributed by atoms with Gasteiger partial charge < -0.3 is 4.42 Å². The normalized spacial score (nSPS) is 12.8. The van der Waals surface area contributed by atoms with Crippen molar-refractivity contribution in [1.29, 1.82) is 0 Å². The Bertz CT molecular complexity index is 1220. The van der Waals surface area contributed by atoms with E-state index >= 15 is 0 Å². The number of rotatable bonds is 5. The molecule has 1 unspecified atom stereocenters. The molecule has 4 aromatic rings. The molecule has 0 aliphatic rings. The fraction of sp³-hybridized carbons (Fsp3) is 0.200. The number of aryl methyl sites for hydroxylation is 1. The second-order valence-electron chi connectivity index (χ2n) is 6.59. The third-order valence-electron chi connectivity index (χ3n) is 4.35. The van der Waals surface area contributed by atoms with Gasteiger partial charge in [0.1, 0.15) is 0 Å². The van der Waals surface area contributed by atoms with E-state index in [1.807, 2.05) is 6.92 Å². The van der Waals surface area contributed by atoms with E-state index in [0.717, 1.165) is 12.1 Å². The van der Waals surface area contributed by atoms with Crippen LogP contribution in [0.25, 0.3) is 17.1 Å². The molecule has 160 valence electrons. The van der Waals surface area contributed by atoms with Crippen LogP contribution in [0.3, 0.4) is 0 Å². The Kier molecular flexibility index (Phi) is 5.76. The van der Waals surface area contributed by atoms with Gasteiger partial charge in [0, 0.05) is 12.5 Å². The Labute approximate surface area is 184 Å². The number of hydrogen-bond donors (Lipinski definition) is 0. The average molecular weight is 466 g/mol. The van der Waals surface area contributed by atoms with Gasteiger partial charge in [0.05, 0.1) is 21.5 Å². The SMILES string of the molecule is Cc1nnc(C(C)Sc2nnc(-c3ccccc3Cl)n2-c2cccc(C(F)(F)F)c2)o1. The van der Waals surface area contributed by atoms with E-state index in [9.17, 15) is 13.2 Å². The van der Waals surface area contributed by atoms with E-state index in [1.165, 1.54) is 17.8 Å². The van der Waals surface area contributed by atoms with Crippen LogP contribution in [0.15, 0.2) is 58.1 Å². The molecule has 0 radical (unpaired) electrons. The first kappa shape index (κ1) is 21.4. The van der Waals surface area contributed by atoms with Crippen molar-refractivity contribution in [3.8, 4) is 17.1 Å². The largest absolute Gasteiger partial charge is 0.424 e. The summed E-state index contributed by atoms with van der Waals surface area (Å²) in [4.78, 5) is 0. The number of hydrogen-bond acceptors (Lipinski definition) is 6. The number of halogens is 4. The summed E-state index contributed by atoms with van der Waals surface area (Å²) in [5.41, 5.74) is 0.0219. The molecular weight excluding hydrogens is 451 g/mol. The molecule has 11 heteroatoms. The second-order valence-corrected chi connectivity index (χ2v) is 8.30. The lowest BCUT2D eigenvalue weighted by Crippen LogP contribution is -2.07. The van der Waals surface area contributed by atoms with Crippen molar-refractivity contribution in [2.75, 3.05) is 0 Å². The van der Waals surface area contributed by atoms with Gasteiger partial charge in [-0.3, -0.25) is 4.57 Å². The summed E-state index contributed by atoms with van der Waals surface area (Å²) in [6.45, 7) is 3.51. The minimum Gasteiger partial charge on any atom is -0.424 e. The van der Waals surface area contributed by atoms with Crippen molar-refractivity contribution < 1.29 is 17.6 Å². The summed E-state index contributed by atoms with van der Waals surface area (Å²) in [5.74, 6) is 1.11. The van der Waals surface area contributed by atoms with Gasteiger partial charge in [-0.05, 0) is 37.3 Å². The Morgan fingerprint density at radius 1 is 1.03 bits per heavy atom. The summed E-state index contributed by atoms with van der Waals surface area (Å²) in [6, 6.07) is 11.9. The van der Waals surface area contributed by atoms with Gasteiger partial charge in [0.25, 0.3) is 0 Å². The Balaban J connectivity index is 1.84. The minimum absolute atomic E-state index is 0.256. The molecule has 6 nitrogen and oxygen atoms in total. The topological polar surface area (TPSA) is 69.6 Å². The molecule has 0 amide bonds. The van der Waals surface area contributed by atoms with E-state index < -0.39 is 11.7 Å². The first-order chi connectivity index (χ1) is 14.7. The number of thioether (sulfide) groups is 1. The average Bonchev–Trinajstić information content (AvgIpc) is 3.34. The molecule has 4 rings (SSSR count). The molecule has 2 heterocycles. The van der Waals surface area contributed by atoms with E-state index in [1.54, 1.807) is 41.8 Å². The summed E-state index contributed by atoms with van der Waals surface area (Å²) in [5, 5.41) is 16.7. The Morgan fingerprint density at radius 3 is 2.48 bits per heavy atom. The zero-order chi connectivity index (χ0) is 22.2. The van der Waals surface area contributed by atoms with Crippen LogP contribution >= 0.6 is 23.4 Å². The lowest BCUT2D eigenvalue weighted by atomic mass is 10.1. The second kappa shape index (κ2) is 8.35. The molecule has 2 aromatic carbocycles. The quantitative estimate of drug-likeness (QED) is 0.329. The predicted octanol–water partition coefficient (Wildman–Crippen LogP) is 6.15. The van der Waals surface area contributed by atoms with Crippen molar-refractivity contribution in [2.45, 2.75) is 30.4 Å². The third kappa shape index (κ3) is 4.45. The van der Waals surface area contributed by atoms with Crippen molar-refractivity contribution >= 4 is 23.4 Å². The molecule has 1 atom stereocenters. The molecule has 0 aliphatic carbocycles. The van der Waals surface area contributed by atoms with Crippen LogP contribution in [-0.4, -0.2) is 25.0 Å². The van der Waals surface area contributed by atoms with Crippen LogP contribution in [0.5, 0.6) is 0 Å².